The second kappa shape index (κ2) is 8.28. The summed E-state index contributed by atoms with van der Waals surface area (Å²) < 4.78 is 6.49. The van der Waals surface area contributed by atoms with Crippen molar-refractivity contribution in [3.05, 3.63) is 0 Å². The first-order valence-corrected chi connectivity index (χ1v) is 15.2. The van der Waals surface area contributed by atoms with E-state index in [1.165, 1.54) is 0 Å². The summed E-state index contributed by atoms with van der Waals surface area (Å²) in [6, 6.07) is 0. The number of fused-ring (bicyclic) bond motifs is 1. The smallest absolute Gasteiger partial charge is 0.191 e. The fourth-order valence-corrected chi connectivity index (χ4v) is 7.66. The third-order valence-corrected chi connectivity index (χ3v) is 14.6. The molecule has 3 rings (SSSR count). The van der Waals surface area contributed by atoms with Crippen LogP contribution in [0.5, 0.6) is 0 Å². The highest BCUT2D eigenvalue weighted by Crippen LogP contribution is 2.59. The molecule has 0 saturated heterocycles. The van der Waals surface area contributed by atoms with E-state index in [1.54, 1.807) is 0 Å². The maximum atomic E-state index is 12.5. The molecule has 0 aliphatic heterocycles. The first kappa shape index (κ1) is 24.4. The van der Waals surface area contributed by atoms with Crippen molar-refractivity contribution in [2.24, 2.45) is 28.6 Å². The number of ketones is 1. The molecule has 2 unspecified atom stereocenters. The van der Waals surface area contributed by atoms with E-state index in [0.29, 0.717) is 18.1 Å². The van der Waals surface area contributed by atoms with Crippen molar-refractivity contribution in [3.8, 4) is 0 Å². The van der Waals surface area contributed by atoms with Crippen LogP contribution in [0.1, 0.15) is 86.0 Å². The summed E-state index contributed by atoms with van der Waals surface area (Å²) in [7, 11) is -1.79. The average molecular weight is 439 g/mol. The first-order chi connectivity index (χ1) is 13.7. The van der Waals surface area contributed by atoms with E-state index >= 15 is 0 Å². The standard InChI is InChI=1S/C25H46O4Si/c1-23(2,3)30(6,7)29-15-12-17-16-18(26)10-13-24(17,4)20-11-14-25(5)19(22(20)28)8-9-21(25)27/h17-20,22,26,28H,8-16H2,1-7H3/t17-,18-,19?,20?,22-,24-,25-/m0/s1. The molecule has 4 nitrogen and oxygen atoms in total. The molecule has 0 bridgehead atoms. The van der Waals surface area contributed by atoms with Gasteiger partial charge in [0.2, 0.25) is 0 Å². The number of hydrogen-bond acceptors (Lipinski definition) is 4. The van der Waals surface area contributed by atoms with Gasteiger partial charge in [0.05, 0.1) is 12.2 Å². The maximum absolute atomic E-state index is 12.5. The van der Waals surface area contributed by atoms with Gasteiger partial charge < -0.3 is 14.6 Å². The molecule has 0 spiro atoms. The van der Waals surface area contributed by atoms with Gasteiger partial charge in [-0.05, 0) is 86.2 Å². The Morgan fingerprint density at radius 1 is 1.07 bits per heavy atom. The number of carbonyl (C=O) groups excluding carboxylic acids is 1. The Morgan fingerprint density at radius 3 is 2.37 bits per heavy atom. The number of Topliss-reactive ketones (excluding diaryl/α,β-unsaturated/α-hetero) is 1. The highest BCUT2D eigenvalue weighted by Gasteiger charge is 2.58. The topological polar surface area (TPSA) is 66.8 Å². The molecule has 0 aromatic rings. The summed E-state index contributed by atoms with van der Waals surface area (Å²) in [4.78, 5) is 12.5. The zero-order valence-electron chi connectivity index (χ0n) is 20.5. The summed E-state index contributed by atoms with van der Waals surface area (Å²) in [5.41, 5.74) is -0.316. The fraction of sp³-hybridized carbons (Fsp3) is 0.960. The second-order valence-corrected chi connectivity index (χ2v) is 17.5. The fourth-order valence-electron chi connectivity index (χ4n) is 6.60. The Hall–Kier alpha value is -0.233. The summed E-state index contributed by atoms with van der Waals surface area (Å²) in [6.45, 7) is 16.6. The van der Waals surface area contributed by atoms with Gasteiger partial charge in [-0.15, -0.1) is 0 Å². The molecule has 0 amide bonds. The third kappa shape index (κ3) is 4.21. The van der Waals surface area contributed by atoms with Crippen molar-refractivity contribution >= 4 is 14.1 Å². The number of carbonyl (C=O) groups is 1. The molecule has 174 valence electrons. The number of aliphatic hydroxyl groups is 2. The van der Waals surface area contributed by atoms with E-state index in [4.69, 9.17) is 4.43 Å². The number of rotatable bonds is 5. The van der Waals surface area contributed by atoms with Crippen LogP contribution in [0.25, 0.3) is 0 Å². The molecule has 3 saturated carbocycles. The van der Waals surface area contributed by atoms with Crippen LogP contribution in [0.15, 0.2) is 0 Å². The van der Waals surface area contributed by atoms with Gasteiger partial charge in [0.15, 0.2) is 8.32 Å². The van der Waals surface area contributed by atoms with Crippen LogP contribution in [-0.2, 0) is 9.22 Å². The lowest BCUT2D eigenvalue weighted by Crippen LogP contribution is -2.53. The minimum Gasteiger partial charge on any atom is -0.417 e. The van der Waals surface area contributed by atoms with Crippen LogP contribution < -0.4 is 0 Å². The quantitative estimate of drug-likeness (QED) is 0.570. The molecule has 3 fully saturated rings. The highest BCUT2D eigenvalue weighted by molar-refractivity contribution is 6.74. The average Bonchev–Trinajstić information content (AvgIpc) is 2.93. The van der Waals surface area contributed by atoms with Crippen molar-refractivity contribution < 1.29 is 19.4 Å². The minimum atomic E-state index is -1.79. The Kier molecular flexibility index (Phi) is 6.73. The van der Waals surface area contributed by atoms with Crippen LogP contribution in [0.2, 0.25) is 18.1 Å². The first-order valence-electron chi connectivity index (χ1n) is 12.3. The van der Waals surface area contributed by atoms with Crippen LogP contribution in [-0.4, -0.2) is 43.1 Å². The van der Waals surface area contributed by atoms with Crippen LogP contribution in [0.4, 0.5) is 0 Å². The van der Waals surface area contributed by atoms with Crippen LogP contribution in [0, 0.1) is 28.6 Å². The van der Waals surface area contributed by atoms with Gasteiger partial charge in [0, 0.05) is 18.4 Å². The van der Waals surface area contributed by atoms with Gasteiger partial charge in [0.25, 0.3) is 0 Å². The van der Waals surface area contributed by atoms with E-state index in [1.807, 2.05) is 0 Å². The predicted octanol–water partition coefficient (Wildman–Crippen LogP) is 5.32. The van der Waals surface area contributed by atoms with Gasteiger partial charge >= 0.3 is 0 Å². The number of aliphatic hydroxyl groups excluding tert-OH is 2. The van der Waals surface area contributed by atoms with E-state index in [0.717, 1.165) is 51.6 Å². The van der Waals surface area contributed by atoms with E-state index in [-0.39, 0.29) is 33.8 Å². The Morgan fingerprint density at radius 2 is 1.73 bits per heavy atom. The lowest BCUT2D eigenvalue weighted by molar-refractivity contribution is -0.145. The Bertz CT molecular complexity index is 642. The molecule has 3 aliphatic rings. The maximum Gasteiger partial charge on any atom is 0.191 e. The molecule has 2 N–H and O–H groups in total. The summed E-state index contributed by atoms with van der Waals surface area (Å²) >= 11 is 0. The predicted molar refractivity (Wildman–Crippen MR) is 124 cm³/mol. The highest BCUT2D eigenvalue weighted by atomic mass is 28.4. The van der Waals surface area contributed by atoms with Crippen molar-refractivity contribution in [1.29, 1.82) is 0 Å². The normalized spacial score (nSPS) is 43.0. The summed E-state index contributed by atoms with van der Waals surface area (Å²) in [5, 5.41) is 22.1. The zero-order valence-corrected chi connectivity index (χ0v) is 21.5. The van der Waals surface area contributed by atoms with Crippen molar-refractivity contribution in [3.63, 3.8) is 0 Å². The van der Waals surface area contributed by atoms with Gasteiger partial charge in [-0.2, -0.15) is 0 Å². The Balaban J connectivity index is 1.74. The monoisotopic (exact) mass is 438 g/mol. The SMILES string of the molecule is CC(C)(C)[Si](C)(C)OCC[C@H]1C[C@@H](O)CC[C@]1(C)C1CC[C@]2(C)C(=O)CCC2[C@@H]1O. The molecule has 3 aliphatic carbocycles. The van der Waals surface area contributed by atoms with E-state index < -0.39 is 14.4 Å². The van der Waals surface area contributed by atoms with Crippen molar-refractivity contribution in [1.82, 2.24) is 0 Å². The molecule has 0 radical (unpaired) electrons. The molecule has 5 heteroatoms. The minimum absolute atomic E-state index is 0.00239. The van der Waals surface area contributed by atoms with E-state index in [9.17, 15) is 15.0 Å². The van der Waals surface area contributed by atoms with Gasteiger partial charge in [-0.25, -0.2) is 0 Å². The summed E-state index contributed by atoms with van der Waals surface area (Å²) in [6.07, 6.45) is 6.18. The largest absolute Gasteiger partial charge is 0.417 e. The molecular formula is C25H46O4Si. The lowest BCUT2D eigenvalue weighted by Gasteiger charge is -2.55. The van der Waals surface area contributed by atoms with Crippen LogP contribution >= 0.6 is 0 Å². The van der Waals surface area contributed by atoms with Gasteiger partial charge in [-0.3, -0.25) is 4.79 Å². The molecule has 30 heavy (non-hydrogen) atoms. The van der Waals surface area contributed by atoms with Crippen molar-refractivity contribution in [2.45, 2.75) is 116 Å². The third-order valence-electron chi connectivity index (χ3n) is 10.0. The molecule has 0 aromatic heterocycles. The summed E-state index contributed by atoms with van der Waals surface area (Å²) in [5.74, 6) is 1.03. The number of hydrogen-bond donors (Lipinski definition) is 2. The molecular weight excluding hydrogens is 392 g/mol. The van der Waals surface area contributed by atoms with Crippen molar-refractivity contribution in [2.75, 3.05) is 6.61 Å². The van der Waals surface area contributed by atoms with Gasteiger partial charge in [-0.1, -0.05) is 34.6 Å². The second-order valence-electron chi connectivity index (χ2n) is 12.6. The van der Waals surface area contributed by atoms with Crippen LogP contribution in [0.3, 0.4) is 0 Å². The molecule has 0 heterocycles. The Labute approximate surface area is 185 Å². The lowest BCUT2D eigenvalue weighted by atomic mass is 9.51. The van der Waals surface area contributed by atoms with E-state index in [2.05, 4.69) is 47.7 Å². The molecule has 0 aromatic carbocycles. The zero-order chi connectivity index (χ0) is 22.5. The molecule has 7 atom stereocenters. The van der Waals surface area contributed by atoms with Gasteiger partial charge in [0.1, 0.15) is 5.78 Å².